The van der Waals surface area contributed by atoms with Crippen LogP contribution in [0.25, 0.3) is 5.57 Å². The molecule has 5 nitrogen and oxygen atoms in total. The molecule has 0 radical (unpaired) electrons. The van der Waals surface area contributed by atoms with Crippen LogP contribution in [-0.2, 0) is 9.59 Å². The quantitative estimate of drug-likeness (QED) is 0.767. The van der Waals surface area contributed by atoms with Gasteiger partial charge in [-0.2, -0.15) is 0 Å². The smallest absolute Gasteiger partial charge is 0.278 e. The molecule has 146 valence electrons. The van der Waals surface area contributed by atoms with E-state index in [-0.39, 0.29) is 17.7 Å². The summed E-state index contributed by atoms with van der Waals surface area (Å²) < 4.78 is 5.27. The van der Waals surface area contributed by atoms with Crippen LogP contribution in [0, 0.1) is 19.8 Å². The van der Waals surface area contributed by atoms with Crippen molar-refractivity contribution in [2.24, 2.45) is 5.92 Å². The fourth-order valence-corrected chi connectivity index (χ4v) is 3.41. The van der Waals surface area contributed by atoms with E-state index in [1.807, 2.05) is 64.1 Å². The Morgan fingerprint density at radius 1 is 1.04 bits per heavy atom. The molecule has 5 heteroatoms. The maximum atomic E-state index is 13.2. The summed E-state index contributed by atoms with van der Waals surface area (Å²) >= 11 is 0. The number of nitrogens with zero attached hydrogens (tertiary/aromatic N) is 1. The lowest BCUT2D eigenvalue weighted by Gasteiger charge is -2.17. The molecule has 0 bridgehead atoms. The van der Waals surface area contributed by atoms with Crippen molar-refractivity contribution in [3.05, 3.63) is 64.9 Å². The minimum absolute atomic E-state index is 0.185. The van der Waals surface area contributed by atoms with Crippen LogP contribution in [0.5, 0.6) is 5.75 Å². The average Bonchev–Trinajstić information content (AvgIpc) is 2.86. The van der Waals surface area contributed by atoms with Crippen LogP contribution in [0.2, 0.25) is 0 Å². The first-order valence-corrected chi connectivity index (χ1v) is 9.41. The van der Waals surface area contributed by atoms with Gasteiger partial charge in [0.2, 0.25) is 0 Å². The summed E-state index contributed by atoms with van der Waals surface area (Å²) in [5.41, 5.74) is 4.29. The van der Waals surface area contributed by atoms with E-state index < -0.39 is 0 Å². The highest BCUT2D eigenvalue weighted by Crippen LogP contribution is 2.33. The highest BCUT2D eigenvalue weighted by Gasteiger charge is 2.39. The van der Waals surface area contributed by atoms with Crippen LogP contribution >= 0.6 is 0 Å². The molecule has 0 saturated carbocycles. The number of aryl methyl sites for hydroxylation is 2. The Morgan fingerprint density at radius 2 is 1.79 bits per heavy atom. The number of ether oxygens (including phenoxy) is 1. The Balaban J connectivity index is 2.10. The lowest BCUT2D eigenvalue weighted by atomic mass is 9.97. The number of carbonyl (C=O) groups excluding carboxylic acids is 2. The van der Waals surface area contributed by atoms with E-state index in [0.717, 1.165) is 16.7 Å². The number of imide groups is 1. The van der Waals surface area contributed by atoms with E-state index in [1.165, 1.54) is 4.90 Å². The standard InChI is InChI=1S/C23H26N2O3/c1-14(2)13-25-22(26)20(19-10-9-15(3)11-16(19)4)21(23(25)27)24-17-7-6-8-18(12-17)28-5/h6-12,14,24H,13H2,1-5H3. The van der Waals surface area contributed by atoms with E-state index in [2.05, 4.69) is 5.32 Å². The van der Waals surface area contributed by atoms with E-state index in [1.54, 1.807) is 13.2 Å². The van der Waals surface area contributed by atoms with Gasteiger partial charge in [-0.1, -0.05) is 43.7 Å². The third-order valence-electron chi connectivity index (χ3n) is 4.71. The van der Waals surface area contributed by atoms with Gasteiger partial charge in [0, 0.05) is 18.3 Å². The zero-order valence-corrected chi connectivity index (χ0v) is 17.0. The van der Waals surface area contributed by atoms with E-state index >= 15 is 0 Å². The average molecular weight is 378 g/mol. The van der Waals surface area contributed by atoms with Crippen molar-refractivity contribution in [3.8, 4) is 5.75 Å². The molecule has 1 heterocycles. The maximum absolute atomic E-state index is 13.2. The van der Waals surface area contributed by atoms with Crippen LogP contribution in [-0.4, -0.2) is 30.4 Å². The normalized spacial score (nSPS) is 14.3. The number of methoxy groups -OCH3 is 1. The lowest BCUT2D eigenvalue weighted by Crippen LogP contribution is -2.35. The topological polar surface area (TPSA) is 58.6 Å². The number of hydrogen-bond donors (Lipinski definition) is 1. The van der Waals surface area contributed by atoms with Gasteiger partial charge >= 0.3 is 0 Å². The van der Waals surface area contributed by atoms with E-state index in [4.69, 9.17) is 4.74 Å². The maximum Gasteiger partial charge on any atom is 0.278 e. The van der Waals surface area contributed by atoms with Crippen LogP contribution in [0.15, 0.2) is 48.2 Å². The Labute approximate surface area is 166 Å². The number of amides is 2. The highest BCUT2D eigenvalue weighted by atomic mass is 16.5. The second-order valence-electron chi connectivity index (χ2n) is 7.54. The predicted octanol–water partition coefficient (Wildman–Crippen LogP) is 4.16. The molecular formula is C23H26N2O3. The van der Waals surface area contributed by atoms with Crippen molar-refractivity contribution in [1.82, 2.24) is 4.90 Å². The first-order chi connectivity index (χ1) is 13.3. The van der Waals surface area contributed by atoms with Crippen LogP contribution in [0.4, 0.5) is 5.69 Å². The monoisotopic (exact) mass is 378 g/mol. The first-order valence-electron chi connectivity index (χ1n) is 9.41. The third-order valence-corrected chi connectivity index (χ3v) is 4.71. The highest BCUT2D eigenvalue weighted by molar-refractivity contribution is 6.36. The Hall–Kier alpha value is -3.08. The molecule has 2 aromatic carbocycles. The molecule has 0 atom stereocenters. The second kappa shape index (κ2) is 7.89. The summed E-state index contributed by atoms with van der Waals surface area (Å²) in [5.74, 6) is 0.312. The number of carbonyl (C=O) groups is 2. The summed E-state index contributed by atoms with van der Waals surface area (Å²) in [6.07, 6.45) is 0. The summed E-state index contributed by atoms with van der Waals surface area (Å²) in [7, 11) is 1.59. The van der Waals surface area contributed by atoms with Gasteiger partial charge < -0.3 is 10.1 Å². The Morgan fingerprint density at radius 3 is 2.43 bits per heavy atom. The number of anilines is 1. The third kappa shape index (κ3) is 3.79. The molecule has 1 aliphatic heterocycles. The number of rotatable bonds is 6. The van der Waals surface area contributed by atoms with Crippen molar-refractivity contribution in [1.29, 1.82) is 0 Å². The molecular weight excluding hydrogens is 352 g/mol. The van der Waals surface area contributed by atoms with Crippen LogP contribution in [0.1, 0.15) is 30.5 Å². The van der Waals surface area contributed by atoms with Crippen molar-refractivity contribution in [3.63, 3.8) is 0 Å². The fraction of sp³-hybridized carbons (Fsp3) is 0.304. The molecule has 0 spiro atoms. The van der Waals surface area contributed by atoms with Crippen molar-refractivity contribution < 1.29 is 14.3 Å². The fourth-order valence-electron chi connectivity index (χ4n) is 3.41. The van der Waals surface area contributed by atoms with Crippen molar-refractivity contribution in [2.45, 2.75) is 27.7 Å². The van der Waals surface area contributed by atoms with Gasteiger partial charge in [0.15, 0.2) is 0 Å². The SMILES string of the molecule is COc1cccc(NC2=C(c3ccc(C)cc3C)C(=O)N(CC(C)C)C2=O)c1. The van der Waals surface area contributed by atoms with Crippen molar-refractivity contribution in [2.75, 3.05) is 19.0 Å². The molecule has 2 amide bonds. The number of hydrogen-bond acceptors (Lipinski definition) is 4. The van der Waals surface area contributed by atoms with E-state index in [0.29, 0.717) is 29.3 Å². The summed E-state index contributed by atoms with van der Waals surface area (Å²) in [4.78, 5) is 27.7. The summed E-state index contributed by atoms with van der Waals surface area (Å²) in [5, 5.41) is 3.18. The number of nitrogens with one attached hydrogen (secondary N) is 1. The molecule has 0 unspecified atom stereocenters. The van der Waals surface area contributed by atoms with Gasteiger partial charge in [-0.25, -0.2) is 0 Å². The molecule has 0 aromatic heterocycles. The van der Waals surface area contributed by atoms with Gasteiger partial charge in [0.05, 0.1) is 12.7 Å². The number of benzene rings is 2. The minimum Gasteiger partial charge on any atom is -0.497 e. The minimum atomic E-state index is -0.295. The van der Waals surface area contributed by atoms with Gasteiger partial charge in [-0.05, 0) is 43.0 Å². The molecule has 0 saturated heterocycles. The zero-order chi connectivity index (χ0) is 20.4. The molecule has 0 fully saturated rings. The van der Waals surface area contributed by atoms with Crippen molar-refractivity contribution >= 4 is 23.1 Å². The largest absolute Gasteiger partial charge is 0.497 e. The molecule has 28 heavy (non-hydrogen) atoms. The summed E-state index contributed by atoms with van der Waals surface area (Å²) in [6.45, 7) is 8.33. The molecule has 1 N–H and O–H groups in total. The van der Waals surface area contributed by atoms with E-state index in [9.17, 15) is 9.59 Å². The molecule has 3 rings (SSSR count). The summed E-state index contributed by atoms with van der Waals surface area (Å²) in [6, 6.07) is 13.2. The lowest BCUT2D eigenvalue weighted by molar-refractivity contribution is -0.137. The Bertz CT molecular complexity index is 960. The van der Waals surface area contributed by atoms with Crippen LogP contribution < -0.4 is 10.1 Å². The zero-order valence-electron chi connectivity index (χ0n) is 17.0. The predicted molar refractivity (Wildman–Crippen MR) is 111 cm³/mol. The van der Waals surface area contributed by atoms with Gasteiger partial charge in [0.1, 0.15) is 11.4 Å². The van der Waals surface area contributed by atoms with Crippen LogP contribution in [0.3, 0.4) is 0 Å². The van der Waals surface area contributed by atoms with Gasteiger partial charge in [0.25, 0.3) is 11.8 Å². The molecule has 2 aromatic rings. The Kier molecular flexibility index (Phi) is 5.54. The van der Waals surface area contributed by atoms with Gasteiger partial charge in [-0.15, -0.1) is 0 Å². The van der Waals surface area contributed by atoms with Gasteiger partial charge in [-0.3, -0.25) is 14.5 Å². The first kappa shape index (κ1) is 19.7. The second-order valence-corrected chi connectivity index (χ2v) is 7.54. The molecule has 0 aliphatic carbocycles. The molecule has 1 aliphatic rings.